The summed E-state index contributed by atoms with van der Waals surface area (Å²) in [5.41, 5.74) is 0.0891. The zero-order valence-corrected chi connectivity index (χ0v) is 7.96. The molecular formula is C6H8NaO3. The van der Waals surface area contributed by atoms with Crippen LogP contribution in [0, 0.1) is 11.3 Å². The first-order chi connectivity index (χ1) is 4.25. The molecule has 1 aliphatic heterocycles. The summed E-state index contributed by atoms with van der Waals surface area (Å²) in [5, 5.41) is 8.50. The minimum atomic E-state index is -0.654. The van der Waals surface area contributed by atoms with Crippen molar-refractivity contribution in [2.24, 2.45) is 11.3 Å². The van der Waals surface area contributed by atoms with Gasteiger partial charge in [0.15, 0.2) is 0 Å². The molecule has 1 atom stereocenters. The van der Waals surface area contributed by atoms with Gasteiger partial charge in [0, 0.05) is 35.0 Å². The van der Waals surface area contributed by atoms with Gasteiger partial charge in [0.25, 0.3) is 0 Å². The fourth-order valence-electron chi connectivity index (χ4n) is 1.38. The van der Waals surface area contributed by atoms with Crippen LogP contribution >= 0.6 is 0 Å². The summed E-state index contributed by atoms with van der Waals surface area (Å²) in [6.07, 6.45) is 0.836. The van der Waals surface area contributed by atoms with Gasteiger partial charge >= 0.3 is 5.97 Å². The second-order valence-corrected chi connectivity index (χ2v) is 2.95. The van der Waals surface area contributed by atoms with Crippen LogP contribution in [-0.2, 0) is 9.53 Å². The number of hydrogen-bond acceptors (Lipinski definition) is 2. The molecule has 0 bridgehead atoms. The normalized spacial score (nSPS) is 32.2. The molecule has 4 heteroatoms. The zero-order chi connectivity index (χ0) is 6.48. The van der Waals surface area contributed by atoms with E-state index in [1.165, 1.54) is 0 Å². The molecule has 2 aliphatic rings. The summed E-state index contributed by atoms with van der Waals surface area (Å²) in [7, 11) is 0. The van der Waals surface area contributed by atoms with Crippen molar-refractivity contribution in [3.05, 3.63) is 0 Å². The van der Waals surface area contributed by atoms with E-state index in [1.807, 2.05) is 0 Å². The van der Waals surface area contributed by atoms with Gasteiger partial charge in [0.2, 0.25) is 0 Å². The molecule has 2 rings (SSSR count). The Hall–Kier alpha value is 0.430. The fraction of sp³-hybridized carbons (Fsp3) is 0.833. The smallest absolute Gasteiger partial charge is 0.307 e. The third-order valence-electron chi connectivity index (χ3n) is 2.27. The van der Waals surface area contributed by atoms with Crippen LogP contribution < -0.4 is 0 Å². The molecule has 1 unspecified atom stereocenters. The maximum Gasteiger partial charge on any atom is 0.307 e. The third kappa shape index (κ3) is 1.01. The monoisotopic (exact) mass is 151 g/mol. The van der Waals surface area contributed by atoms with Crippen LogP contribution in [0.15, 0.2) is 0 Å². The molecule has 2 fully saturated rings. The maximum atomic E-state index is 10.3. The van der Waals surface area contributed by atoms with E-state index in [0.717, 1.165) is 6.42 Å². The molecule has 1 aliphatic carbocycles. The molecule has 1 radical (unpaired) electrons. The molecule has 0 aromatic carbocycles. The summed E-state index contributed by atoms with van der Waals surface area (Å²) < 4.78 is 4.92. The summed E-state index contributed by atoms with van der Waals surface area (Å²) >= 11 is 0. The van der Waals surface area contributed by atoms with Gasteiger partial charge in [0.05, 0.1) is 19.1 Å². The number of aliphatic carboxylic acids is 1. The number of carbonyl (C=O) groups is 1. The zero-order valence-electron chi connectivity index (χ0n) is 5.96. The van der Waals surface area contributed by atoms with Crippen LogP contribution in [0.2, 0.25) is 0 Å². The number of rotatable bonds is 1. The topological polar surface area (TPSA) is 46.5 Å². The minimum Gasteiger partial charge on any atom is -0.481 e. The first kappa shape index (κ1) is 8.53. The summed E-state index contributed by atoms with van der Waals surface area (Å²) in [4.78, 5) is 10.3. The summed E-state index contributed by atoms with van der Waals surface area (Å²) in [6.45, 7) is 1.34. The SMILES string of the molecule is O=C(O)C1CC12COC2.[Na]. The second kappa shape index (κ2) is 2.48. The van der Waals surface area contributed by atoms with Crippen molar-refractivity contribution < 1.29 is 14.6 Å². The first-order valence-electron chi connectivity index (χ1n) is 3.05. The molecule has 1 saturated carbocycles. The average molecular weight is 151 g/mol. The Balaban J connectivity index is 0.000000500. The predicted octanol–water partition coefficient (Wildman–Crippen LogP) is -0.273. The van der Waals surface area contributed by atoms with E-state index in [1.54, 1.807) is 0 Å². The molecular weight excluding hydrogens is 143 g/mol. The van der Waals surface area contributed by atoms with Crippen molar-refractivity contribution in [1.29, 1.82) is 0 Å². The summed E-state index contributed by atoms with van der Waals surface area (Å²) in [5.74, 6) is -0.746. The molecule has 0 aromatic heterocycles. The van der Waals surface area contributed by atoms with Crippen LogP contribution in [0.3, 0.4) is 0 Å². The van der Waals surface area contributed by atoms with E-state index in [0.29, 0.717) is 13.2 Å². The van der Waals surface area contributed by atoms with Crippen LogP contribution in [0.4, 0.5) is 0 Å². The van der Waals surface area contributed by atoms with Gasteiger partial charge in [-0.15, -0.1) is 0 Å². The van der Waals surface area contributed by atoms with Crippen LogP contribution in [0.1, 0.15) is 6.42 Å². The van der Waals surface area contributed by atoms with Crippen molar-refractivity contribution in [3.63, 3.8) is 0 Å². The Morgan fingerprint density at radius 3 is 2.30 bits per heavy atom. The van der Waals surface area contributed by atoms with Gasteiger partial charge in [-0.2, -0.15) is 0 Å². The van der Waals surface area contributed by atoms with E-state index in [9.17, 15) is 4.79 Å². The molecule has 0 amide bonds. The summed E-state index contributed by atoms with van der Waals surface area (Å²) in [6, 6.07) is 0. The quantitative estimate of drug-likeness (QED) is 0.524. The Bertz CT molecular complexity index is 164. The Morgan fingerprint density at radius 1 is 1.60 bits per heavy atom. The Labute approximate surface area is 81.0 Å². The number of ether oxygens (including phenoxy) is 1. The Morgan fingerprint density at radius 2 is 2.20 bits per heavy atom. The van der Waals surface area contributed by atoms with Crippen molar-refractivity contribution in [1.82, 2.24) is 0 Å². The van der Waals surface area contributed by atoms with Crippen LogP contribution in [0.5, 0.6) is 0 Å². The van der Waals surface area contributed by atoms with E-state index in [-0.39, 0.29) is 40.9 Å². The van der Waals surface area contributed by atoms with Gasteiger partial charge in [-0.05, 0) is 6.42 Å². The number of carboxylic acids is 1. The molecule has 1 heterocycles. The first-order valence-corrected chi connectivity index (χ1v) is 3.05. The van der Waals surface area contributed by atoms with E-state index in [2.05, 4.69) is 0 Å². The van der Waals surface area contributed by atoms with Crippen molar-refractivity contribution in [3.8, 4) is 0 Å². The van der Waals surface area contributed by atoms with E-state index in [4.69, 9.17) is 9.84 Å². The molecule has 1 spiro atoms. The number of hydrogen-bond donors (Lipinski definition) is 1. The van der Waals surface area contributed by atoms with E-state index < -0.39 is 5.97 Å². The molecule has 10 heavy (non-hydrogen) atoms. The standard InChI is InChI=1S/C6H8O3.Na/c7-5(8)4-1-6(4)2-9-3-6;/h4H,1-3H2,(H,7,8);. The molecule has 1 N–H and O–H groups in total. The van der Waals surface area contributed by atoms with Crippen molar-refractivity contribution in [2.75, 3.05) is 13.2 Å². The van der Waals surface area contributed by atoms with Gasteiger partial charge in [0.1, 0.15) is 0 Å². The Kier molecular flexibility index (Phi) is 2.12. The second-order valence-electron chi connectivity index (χ2n) is 2.95. The molecule has 51 valence electrons. The maximum absolute atomic E-state index is 10.3. The fourth-order valence-corrected chi connectivity index (χ4v) is 1.38. The minimum absolute atomic E-state index is 0. The van der Waals surface area contributed by atoms with E-state index >= 15 is 0 Å². The van der Waals surface area contributed by atoms with Gasteiger partial charge in [-0.3, -0.25) is 4.79 Å². The van der Waals surface area contributed by atoms with Crippen LogP contribution in [0.25, 0.3) is 0 Å². The average Bonchev–Trinajstić information content (AvgIpc) is 2.34. The molecule has 0 aromatic rings. The van der Waals surface area contributed by atoms with Crippen LogP contribution in [-0.4, -0.2) is 53.8 Å². The predicted molar refractivity (Wildman–Crippen MR) is 34.7 cm³/mol. The van der Waals surface area contributed by atoms with Crippen molar-refractivity contribution >= 4 is 35.5 Å². The largest absolute Gasteiger partial charge is 0.481 e. The van der Waals surface area contributed by atoms with Crippen molar-refractivity contribution in [2.45, 2.75) is 6.42 Å². The molecule has 1 saturated heterocycles. The number of carboxylic acid groups (broad SMARTS) is 1. The third-order valence-corrected chi connectivity index (χ3v) is 2.27. The molecule has 3 nitrogen and oxygen atoms in total. The van der Waals surface area contributed by atoms with Gasteiger partial charge in [-0.25, -0.2) is 0 Å². The van der Waals surface area contributed by atoms with Gasteiger partial charge < -0.3 is 9.84 Å². The van der Waals surface area contributed by atoms with Gasteiger partial charge in [-0.1, -0.05) is 0 Å².